The van der Waals surface area contributed by atoms with E-state index in [1.807, 2.05) is 39.0 Å². The monoisotopic (exact) mass is 307 g/mol. The van der Waals surface area contributed by atoms with Crippen molar-refractivity contribution in [3.63, 3.8) is 0 Å². The number of carbonyl (C=O) groups is 1. The number of rotatable bonds is 2. The average molecular weight is 308 g/mol. The van der Waals surface area contributed by atoms with E-state index < -0.39 is 5.60 Å². The van der Waals surface area contributed by atoms with Crippen molar-refractivity contribution in [2.75, 3.05) is 0 Å². The van der Waals surface area contributed by atoms with Gasteiger partial charge in [-0.25, -0.2) is 4.79 Å². The van der Waals surface area contributed by atoms with Crippen molar-refractivity contribution < 1.29 is 9.53 Å². The largest absolute Gasteiger partial charge is 0.444 e. The molecule has 1 amide bonds. The lowest BCUT2D eigenvalue weighted by atomic mass is 9.91. The van der Waals surface area contributed by atoms with Crippen molar-refractivity contribution in [1.82, 2.24) is 5.32 Å². The smallest absolute Gasteiger partial charge is 0.407 e. The molecule has 0 fully saturated rings. The number of ether oxygens (including phenoxy) is 1. The standard InChI is InChI=1S/C17H22ClNO2/c1-17(2,3)21-16(20)19-15-9-7-12(8-10-15)13-5-4-6-14(18)11-13/h4-7,11,15H,8-10H2,1-3H3,(H,19,20). The Morgan fingerprint density at radius 3 is 2.71 bits per heavy atom. The predicted molar refractivity (Wildman–Crippen MR) is 86.4 cm³/mol. The van der Waals surface area contributed by atoms with Gasteiger partial charge in [0.2, 0.25) is 0 Å². The molecular weight excluding hydrogens is 286 g/mol. The fraction of sp³-hybridized carbons (Fsp3) is 0.471. The summed E-state index contributed by atoms with van der Waals surface area (Å²) in [5.74, 6) is 0. The molecule has 1 aromatic carbocycles. The van der Waals surface area contributed by atoms with Crippen LogP contribution in [-0.4, -0.2) is 17.7 Å². The van der Waals surface area contributed by atoms with Gasteiger partial charge in [-0.2, -0.15) is 0 Å². The quantitative estimate of drug-likeness (QED) is 0.852. The lowest BCUT2D eigenvalue weighted by Crippen LogP contribution is -2.39. The number of alkyl carbamates (subject to hydrolysis) is 1. The molecule has 0 saturated heterocycles. The van der Waals surface area contributed by atoms with Crippen molar-refractivity contribution >= 4 is 23.3 Å². The normalized spacial score (nSPS) is 18.9. The molecule has 4 heteroatoms. The third-order valence-electron chi connectivity index (χ3n) is 3.33. The molecule has 114 valence electrons. The first-order valence-corrected chi connectivity index (χ1v) is 7.66. The summed E-state index contributed by atoms with van der Waals surface area (Å²) in [4.78, 5) is 11.8. The molecule has 1 atom stereocenters. The molecule has 0 radical (unpaired) electrons. The molecule has 2 rings (SSSR count). The van der Waals surface area contributed by atoms with Gasteiger partial charge in [-0.15, -0.1) is 0 Å². The van der Waals surface area contributed by atoms with E-state index in [0.29, 0.717) is 0 Å². The van der Waals surface area contributed by atoms with E-state index in [1.165, 1.54) is 11.1 Å². The van der Waals surface area contributed by atoms with E-state index in [4.69, 9.17) is 16.3 Å². The van der Waals surface area contributed by atoms with Gasteiger partial charge < -0.3 is 10.1 Å². The van der Waals surface area contributed by atoms with Gasteiger partial charge in [0.25, 0.3) is 0 Å². The number of halogens is 1. The predicted octanol–water partition coefficient (Wildman–Crippen LogP) is 4.80. The van der Waals surface area contributed by atoms with Crippen molar-refractivity contribution in [1.29, 1.82) is 0 Å². The molecule has 0 saturated carbocycles. The zero-order valence-corrected chi connectivity index (χ0v) is 13.5. The Kier molecular flexibility index (Phi) is 4.94. The van der Waals surface area contributed by atoms with Crippen LogP contribution >= 0.6 is 11.6 Å². The molecule has 1 aliphatic rings. The third kappa shape index (κ3) is 5.09. The Bertz CT molecular complexity index is 546. The van der Waals surface area contributed by atoms with Crippen LogP contribution in [0, 0.1) is 0 Å². The van der Waals surface area contributed by atoms with Crippen LogP contribution in [0.3, 0.4) is 0 Å². The second kappa shape index (κ2) is 6.52. The van der Waals surface area contributed by atoms with E-state index in [-0.39, 0.29) is 12.1 Å². The number of carbonyl (C=O) groups excluding carboxylic acids is 1. The van der Waals surface area contributed by atoms with Gasteiger partial charge in [0.15, 0.2) is 0 Å². The van der Waals surface area contributed by atoms with Gasteiger partial charge in [0.1, 0.15) is 5.60 Å². The van der Waals surface area contributed by atoms with Gasteiger partial charge in [-0.3, -0.25) is 0 Å². The highest BCUT2D eigenvalue weighted by molar-refractivity contribution is 6.30. The Balaban J connectivity index is 1.91. The van der Waals surface area contributed by atoms with Gasteiger partial charge >= 0.3 is 6.09 Å². The molecule has 21 heavy (non-hydrogen) atoms. The van der Waals surface area contributed by atoms with Crippen LogP contribution in [0.25, 0.3) is 5.57 Å². The molecule has 0 heterocycles. The van der Waals surface area contributed by atoms with Crippen molar-refractivity contribution in [2.45, 2.75) is 51.7 Å². The van der Waals surface area contributed by atoms with Crippen LogP contribution < -0.4 is 5.32 Å². The lowest BCUT2D eigenvalue weighted by Gasteiger charge is -2.26. The van der Waals surface area contributed by atoms with Gasteiger partial charge in [0, 0.05) is 11.1 Å². The first kappa shape index (κ1) is 15.9. The molecule has 1 aliphatic carbocycles. The Hall–Kier alpha value is -1.48. The minimum absolute atomic E-state index is 0.141. The summed E-state index contributed by atoms with van der Waals surface area (Å²) in [6.45, 7) is 5.60. The molecule has 0 aliphatic heterocycles. The summed E-state index contributed by atoms with van der Waals surface area (Å²) < 4.78 is 5.28. The molecule has 1 unspecified atom stereocenters. The van der Waals surface area contributed by atoms with Gasteiger partial charge in [-0.05, 0) is 63.3 Å². The molecular formula is C17H22ClNO2. The second-order valence-electron chi connectivity index (χ2n) is 6.36. The average Bonchev–Trinajstić information content (AvgIpc) is 2.37. The molecule has 3 nitrogen and oxygen atoms in total. The van der Waals surface area contributed by atoms with E-state index >= 15 is 0 Å². The summed E-state index contributed by atoms with van der Waals surface area (Å²) in [7, 11) is 0. The maximum Gasteiger partial charge on any atom is 0.407 e. The van der Waals surface area contributed by atoms with Crippen molar-refractivity contribution in [2.24, 2.45) is 0 Å². The number of hydrogen-bond donors (Lipinski definition) is 1. The Morgan fingerprint density at radius 1 is 1.38 bits per heavy atom. The molecule has 1 N–H and O–H groups in total. The topological polar surface area (TPSA) is 38.3 Å². The number of hydrogen-bond acceptors (Lipinski definition) is 2. The summed E-state index contributed by atoms with van der Waals surface area (Å²) in [5.41, 5.74) is 2.00. The van der Waals surface area contributed by atoms with Crippen LogP contribution in [0.1, 0.15) is 45.6 Å². The molecule has 0 spiro atoms. The number of benzene rings is 1. The highest BCUT2D eigenvalue weighted by Gasteiger charge is 2.21. The van der Waals surface area contributed by atoms with E-state index in [2.05, 4.69) is 17.5 Å². The van der Waals surface area contributed by atoms with Crippen LogP contribution in [0.5, 0.6) is 0 Å². The minimum atomic E-state index is -0.458. The van der Waals surface area contributed by atoms with Crippen LogP contribution in [-0.2, 0) is 4.74 Å². The van der Waals surface area contributed by atoms with Crippen molar-refractivity contribution in [3.8, 4) is 0 Å². The van der Waals surface area contributed by atoms with Crippen LogP contribution in [0.2, 0.25) is 5.02 Å². The highest BCUT2D eigenvalue weighted by Crippen LogP contribution is 2.28. The summed E-state index contributed by atoms with van der Waals surface area (Å²) in [5, 5.41) is 3.68. The lowest BCUT2D eigenvalue weighted by molar-refractivity contribution is 0.0502. The first-order chi connectivity index (χ1) is 9.83. The van der Waals surface area contributed by atoms with Crippen LogP contribution in [0.15, 0.2) is 30.3 Å². The van der Waals surface area contributed by atoms with E-state index in [1.54, 1.807) is 0 Å². The molecule has 1 aromatic rings. The number of amides is 1. The maximum atomic E-state index is 11.8. The number of nitrogens with one attached hydrogen (secondary N) is 1. The molecule has 0 aromatic heterocycles. The fourth-order valence-electron chi connectivity index (χ4n) is 2.39. The summed E-state index contributed by atoms with van der Waals surface area (Å²) in [6.07, 6.45) is 4.50. The van der Waals surface area contributed by atoms with Gasteiger partial charge in [0.05, 0.1) is 0 Å². The highest BCUT2D eigenvalue weighted by atomic mass is 35.5. The second-order valence-corrected chi connectivity index (χ2v) is 6.79. The summed E-state index contributed by atoms with van der Waals surface area (Å²) in [6, 6.07) is 8.03. The zero-order chi connectivity index (χ0) is 15.5. The van der Waals surface area contributed by atoms with Crippen LogP contribution in [0.4, 0.5) is 4.79 Å². The van der Waals surface area contributed by atoms with E-state index in [0.717, 1.165) is 24.3 Å². The maximum absolute atomic E-state index is 11.8. The number of allylic oxidation sites excluding steroid dienone is 1. The zero-order valence-electron chi connectivity index (χ0n) is 12.8. The summed E-state index contributed by atoms with van der Waals surface area (Å²) >= 11 is 6.02. The Morgan fingerprint density at radius 2 is 2.14 bits per heavy atom. The molecule has 0 bridgehead atoms. The van der Waals surface area contributed by atoms with Crippen molar-refractivity contribution in [3.05, 3.63) is 40.9 Å². The first-order valence-electron chi connectivity index (χ1n) is 7.28. The SMILES string of the molecule is CC(C)(C)OC(=O)NC1CC=C(c2cccc(Cl)c2)CC1. The Labute approximate surface area is 131 Å². The van der Waals surface area contributed by atoms with Gasteiger partial charge in [-0.1, -0.05) is 29.8 Å². The van der Waals surface area contributed by atoms with E-state index in [9.17, 15) is 4.79 Å². The third-order valence-corrected chi connectivity index (χ3v) is 3.56. The fourth-order valence-corrected chi connectivity index (χ4v) is 2.58. The minimum Gasteiger partial charge on any atom is -0.444 e.